The molecule has 0 bridgehead atoms. The first-order chi connectivity index (χ1) is 4.33. The van der Waals surface area contributed by atoms with E-state index in [2.05, 4.69) is 0 Å². The van der Waals surface area contributed by atoms with Crippen LogP contribution in [0.25, 0.3) is 0 Å². The predicted molar refractivity (Wildman–Crippen MR) is 39.8 cm³/mol. The maximum absolute atomic E-state index is 10.5. The Hall–Kier alpha value is 0.170. The van der Waals surface area contributed by atoms with Gasteiger partial charge in [-0.15, -0.1) is 0 Å². The van der Waals surface area contributed by atoms with Crippen LogP contribution in [-0.2, 0) is 9.36 Å². The summed E-state index contributed by atoms with van der Waals surface area (Å²) in [6.07, 6.45) is 0. The van der Waals surface area contributed by atoms with Gasteiger partial charge in [0.1, 0.15) is 5.78 Å². The predicted octanol–water partition coefficient (Wildman–Crippen LogP) is 0.790. The lowest BCUT2D eigenvalue weighted by Gasteiger charge is -2.06. The van der Waals surface area contributed by atoms with Crippen molar-refractivity contribution in [2.45, 2.75) is 19.1 Å². The van der Waals surface area contributed by atoms with Crippen LogP contribution in [-0.4, -0.2) is 20.8 Å². The molecular formula is C4H9O4PS. The molecule has 0 rings (SSSR count). The van der Waals surface area contributed by atoms with E-state index < -0.39 is 12.0 Å². The van der Waals surface area contributed by atoms with Crippen LogP contribution in [0.2, 0.25) is 0 Å². The maximum atomic E-state index is 10.5. The van der Waals surface area contributed by atoms with Crippen molar-refractivity contribution in [3.63, 3.8) is 0 Å². The Bertz CT molecular complexity index is 174. The largest absolute Gasteiger partial charge is 0.384 e. The first kappa shape index (κ1) is 10.2. The fourth-order valence-electron chi connectivity index (χ4n) is 0.280. The summed E-state index contributed by atoms with van der Waals surface area (Å²) in [4.78, 5) is 27.2. The molecule has 2 N–H and O–H groups in total. The van der Waals surface area contributed by atoms with E-state index in [9.17, 15) is 9.36 Å². The average Bonchev–Trinajstić information content (AvgIpc) is 1.60. The van der Waals surface area contributed by atoms with Crippen LogP contribution in [0.15, 0.2) is 0 Å². The molecule has 0 aliphatic carbocycles. The van der Waals surface area contributed by atoms with Gasteiger partial charge >= 0.3 is 6.80 Å². The van der Waals surface area contributed by atoms with Gasteiger partial charge in [-0.1, -0.05) is 0 Å². The van der Waals surface area contributed by atoms with E-state index in [0.29, 0.717) is 11.4 Å². The van der Waals surface area contributed by atoms with Crippen molar-refractivity contribution in [3.05, 3.63) is 0 Å². The fourth-order valence-corrected chi connectivity index (χ4v) is 2.52. The Kier molecular flexibility index (Phi) is 3.59. The SMILES string of the molecule is CC(=O)C(C)SP(=O)(O)O. The molecule has 0 aromatic rings. The monoisotopic (exact) mass is 184 g/mol. The lowest BCUT2D eigenvalue weighted by atomic mass is 10.3. The summed E-state index contributed by atoms with van der Waals surface area (Å²) < 4.78 is 10.3. The van der Waals surface area contributed by atoms with Gasteiger partial charge in [-0.05, 0) is 25.2 Å². The van der Waals surface area contributed by atoms with E-state index >= 15 is 0 Å². The van der Waals surface area contributed by atoms with Gasteiger partial charge in [0.15, 0.2) is 0 Å². The number of Topliss-reactive ketones (excluding diaryl/α,β-unsaturated/α-hetero) is 1. The second kappa shape index (κ2) is 3.53. The van der Waals surface area contributed by atoms with E-state index in [1.165, 1.54) is 13.8 Å². The third kappa shape index (κ3) is 4.99. The molecule has 0 aliphatic heterocycles. The number of hydrogen-bond acceptors (Lipinski definition) is 3. The molecule has 0 spiro atoms. The van der Waals surface area contributed by atoms with Crippen LogP contribution in [0.1, 0.15) is 13.8 Å². The highest BCUT2D eigenvalue weighted by Crippen LogP contribution is 2.52. The molecular weight excluding hydrogens is 175 g/mol. The Morgan fingerprint density at radius 3 is 2.10 bits per heavy atom. The summed E-state index contributed by atoms with van der Waals surface area (Å²) in [5, 5.41) is -0.624. The quantitative estimate of drug-likeness (QED) is 0.634. The standard InChI is InChI=1S/C4H9O4PS/c1-3(5)4(2)10-9(6,7)8/h4H,1-2H3,(H2,6,7,8). The number of rotatable bonds is 3. The molecule has 0 aromatic heterocycles. The molecule has 0 saturated carbocycles. The minimum Gasteiger partial charge on any atom is -0.317 e. The van der Waals surface area contributed by atoms with Gasteiger partial charge < -0.3 is 9.79 Å². The average molecular weight is 184 g/mol. The van der Waals surface area contributed by atoms with Gasteiger partial charge in [0.2, 0.25) is 0 Å². The second-order valence-electron chi connectivity index (χ2n) is 1.85. The zero-order valence-electron chi connectivity index (χ0n) is 5.64. The van der Waals surface area contributed by atoms with Crippen LogP contribution >= 0.6 is 18.2 Å². The van der Waals surface area contributed by atoms with E-state index in [1.54, 1.807) is 0 Å². The summed E-state index contributed by atoms with van der Waals surface area (Å²) in [6, 6.07) is 0. The highest BCUT2D eigenvalue weighted by Gasteiger charge is 2.21. The molecule has 0 fully saturated rings. The van der Waals surface area contributed by atoms with Gasteiger partial charge in [-0.25, -0.2) is 4.57 Å². The molecule has 0 heterocycles. The van der Waals surface area contributed by atoms with Crippen LogP contribution in [0.4, 0.5) is 0 Å². The Morgan fingerprint density at radius 2 is 2.00 bits per heavy atom. The molecule has 10 heavy (non-hydrogen) atoms. The number of ketones is 1. The van der Waals surface area contributed by atoms with E-state index in [0.717, 1.165) is 0 Å². The van der Waals surface area contributed by atoms with Gasteiger partial charge in [0.25, 0.3) is 0 Å². The van der Waals surface area contributed by atoms with Crippen molar-refractivity contribution in [2.75, 3.05) is 0 Å². The van der Waals surface area contributed by atoms with E-state index in [1.807, 2.05) is 0 Å². The lowest BCUT2D eigenvalue weighted by Crippen LogP contribution is -2.07. The molecule has 0 amide bonds. The maximum Gasteiger partial charge on any atom is 0.384 e. The highest BCUT2D eigenvalue weighted by molar-refractivity contribution is 8.55. The first-order valence-electron chi connectivity index (χ1n) is 2.57. The molecule has 0 aliphatic rings. The topological polar surface area (TPSA) is 74.6 Å². The lowest BCUT2D eigenvalue weighted by molar-refractivity contribution is -0.116. The van der Waals surface area contributed by atoms with Crippen molar-refractivity contribution < 1.29 is 19.1 Å². The van der Waals surface area contributed by atoms with Crippen molar-refractivity contribution in [1.29, 1.82) is 0 Å². The molecule has 0 saturated heterocycles. The van der Waals surface area contributed by atoms with Crippen molar-refractivity contribution in [3.8, 4) is 0 Å². The van der Waals surface area contributed by atoms with Crippen LogP contribution in [0, 0.1) is 0 Å². The normalized spacial score (nSPS) is 14.8. The van der Waals surface area contributed by atoms with Crippen molar-refractivity contribution >= 4 is 24.0 Å². The van der Waals surface area contributed by atoms with Gasteiger partial charge in [-0.2, -0.15) is 0 Å². The highest BCUT2D eigenvalue weighted by atomic mass is 32.7. The Morgan fingerprint density at radius 1 is 1.60 bits per heavy atom. The number of carbonyl (C=O) groups excluding carboxylic acids is 1. The molecule has 60 valence electrons. The van der Waals surface area contributed by atoms with Crippen LogP contribution in [0.5, 0.6) is 0 Å². The van der Waals surface area contributed by atoms with E-state index in [4.69, 9.17) is 9.79 Å². The van der Waals surface area contributed by atoms with Crippen LogP contribution < -0.4 is 0 Å². The summed E-state index contributed by atoms with van der Waals surface area (Å²) in [7, 11) is 0. The van der Waals surface area contributed by atoms with Crippen molar-refractivity contribution in [1.82, 2.24) is 0 Å². The third-order valence-corrected chi connectivity index (χ3v) is 3.56. The van der Waals surface area contributed by atoms with Gasteiger partial charge in [0, 0.05) is 0 Å². The smallest absolute Gasteiger partial charge is 0.317 e. The zero-order valence-corrected chi connectivity index (χ0v) is 7.35. The summed E-state index contributed by atoms with van der Waals surface area (Å²) in [5.41, 5.74) is 0. The van der Waals surface area contributed by atoms with Gasteiger partial charge in [-0.3, -0.25) is 4.79 Å². The Balaban J connectivity index is 3.93. The minimum absolute atomic E-state index is 0.228. The summed E-state index contributed by atoms with van der Waals surface area (Å²) in [6.45, 7) is -1.32. The summed E-state index contributed by atoms with van der Waals surface area (Å²) >= 11 is 0.382. The molecule has 0 aromatic carbocycles. The first-order valence-corrected chi connectivity index (χ1v) is 5.67. The molecule has 6 heteroatoms. The number of carbonyl (C=O) groups is 1. The van der Waals surface area contributed by atoms with Gasteiger partial charge in [0.05, 0.1) is 5.25 Å². The minimum atomic E-state index is -4.08. The molecule has 1 unspecified atom stereocenters. The molecule has 1 atom stereocenters. The molecule has 0 radical (unpaired) electrons. The van der Waals surface area contributed by atoms with Crippen molar-refractivity contribution in [2.24, 2.45) is 0 Å². The van der Waals surface area contributed by atoms with E-state index in [-0.39, 0.29) is 5.78 Å². The molecule has 4 nitrogen and oxygen atoms in total. The fraction of sp³-hybridized carbons (Fsp3) is 0.750. The third-order valence-electron chi connectivity index (χ3n) is 0.868. The summed E-state index contributed by atoms with van der Waals surface area (Å²) in [5.74, 6) is -0.228. The Labute approximate surface area is 62.9 Å². The second-order valence-corrected chi connectivity index (χ2v) is 5.81. The zero-order chi connectivity index (χ0) is 8.36. The number of hydrogen-bond donors (Lipinski definition) is 2. The van der Waals surface area contributed by atoms with Crippen LogP contribution in [0.3, 0.4) is 0 Å².